The molecule has 0 bridgehead atoms. The molecule has 10 heteroatoms. The first-order valence-corrected chi connectivity index (χ1v) is 9.79. The Morgan fingerprint density at radius 3 is 2.17 bits per heavy atom. The molecule has 1 aromatic carbocycles. The fourth-order valence-electron chi connectivity index (χ4n) is 1.73. The van der Waals surface area contributed by atoms with Crippen molar-refractivity contribution in [2.45, 2.75) is 23.4 Å². The van der Waals surface area contributed by atoms with Crippen LogP contribution in [0.4, 0.5) is 0 Å². The number of rotatable bonds is 7. The SMILES string of the molecule is CCOP(=O)(OCC)[C@@H](NC(=O)c1ccccc1Cl)C(Cl)(Cl)Cl. The number of hydrogen-bond donors (Lipinski definition) is 1. The minimum absolute atomic E-state index is 0.0521. The van der Waals surface area contributed by atoms with E-state index in [9.17, 15) is 9.36 Å². The molecule has 0 saturated carbocycles. The first-order valence-electron chi connectivity index (χ1n) is 6.66. The zero-order chi connectivity index (χ0) is 17.7. The van der Waals surface area contributed by atoms with Gasteiger partial charge in [-0.3, -0.25) is 9.36 Å². The molecule has 0 aliphatic heterocycles. The maximum Gasteiger partial charge on any atom is 0.357 e. The summed E-state index contributed by atoms with van der Waals surface area (Å²) in [6.45, 7) is 3.32. The van der Waals surface area contributed by atoms with Crippen LogP contribution in [0, 0.1) is 0 Å². The molecule has 0 radical (unpaired) electrons. The minimum Gasteiger partial charge on any atom is -0.334 e. The summed E-state index contributed by atoms with van der Waals surface area (Å²) in [5.74, 6) is -2.16. The number of alkyl halides is 3. The normalized spacial score (nSPS) is 13.7. The van der Waals surface area contributed by atoms with Gasteiger partial charge in [0.25, 0.3) is 5.91 Å². The van der Waals surface area contributed by atoms with Crippen molar-refractivity contribution in [2.75, 3.05) is 13.2 Å². The Kier molecular flexibility index (Phi) is 8.15. The zero-order valence-corrected chi connectivity index (χ0v) is 16.3. The van der Waals surface area contributed by atoms with Crippen LogP contribution in [0.15, 0.2) is 24.3 Å². The second-order valence-corrected chi connectivity index (χ2v) is 9.16. The molecule has 0 unspecified atom stereocenters. The van der Waals surface area contributed by atoms with Crippen LogP contribution in [-0.4, -0.2) is 28.7 Å². The van der Waals surface area contributed by atoms with Crippen LogP contribution in [0.1, 0.15) is 24.2 Å². The number of carbonyl (C=O) groups excluding carboxylic acids is 1. The van der Waals surface area contributed by atoms with E-state index in [2.05, 4.69) is 5.32 Å². The van der Waals surface area contributed by atoms with Gasteiger partial charge in [0.1, 0.15) is 0 Å². The molecule has 0 spiro atoms. The van der Waals surface area contributed by atoms with Crippen LogP contribution in [0.25, 0.3) is 0 Å². The van der Waals surface area contributed by atoms with Crippen molar-refractivity contribution >= 4 is 59.9 Å². The summed E-state index contributed by atoms with van der Waals surface area (Å²) in [7, 11) is -3.91. The van der Waals surface area contributed by atoms with Gasteiger partial charge in [0.2, 0.25) is 3.79 Å². The first kappa shape index (κ1) is 21.0. The topological polar surface area (TPSA) is 64.6 Å². The molecule has 0 fully saturated rings. The van der Waals surface area contributed by atoms with Gasteiger partial charge < -0.3 is 14.4 Å². The Labute approximate surface area is 155 Å². The van der Waals surface area contributed by atoms with Crippen LogP contribution in [0.2, 0.25) is 5.02 Å². The number of benzene rings is 1. The predicted octanol–water partition coefficient (Wildman–Crippen LogP) is 5.03. The van der Waals surface area contributed by atoms with Gasteiger partial charge in [-0.05, 0) is 26.0 Å². The highest BCUT2D eigenvalue weighted by Gasteiger charge is 2.49. The summed E-state index contributed by atoms with van der Waals surface area (Å²) < 4.78 is 21.1. The van der Waals surface area contributed by atoms with Crippen molar-refractivity contribution in [2.24, 2.45) is 0 Å². The van der Waals surface area contributed by atoms with E-state index in [0.29, 0.717) is 0 Å². The molecule has 0 aliphatic carbocycles. The van der Waals surface area contributed by atoms with Gasteiger partial charge in [-0.25, -0.2) is 0 Å². The second kappa shape index (κ2) is 8.91. The van der Waals surface area contributed by atoms with Crippen LogP contribution in [0.3, 0.4) is 0 Å². The Hall–Kier alpha value is -0.000000000000000111. The maximum atomic E-state index is 12.9. The average molecular weight is 423 g/mol. The molecule has 0 aliphatic rings. The highest BCUT2D eigenvalue weighted by atomic mass is 35.6. The van der Waals surface area contributed by atoms with Gasteiger partial charge >= 0.3 is 7.60 Å². The summed E-state index contributed by atoms with van der Waals surface area (Å²) >= 11 is 23.6. The monoisotopic (exact) mass is 421 g/mol. The first-order chi connectivity index (χ1) is 10.7. The quantitative estimate of drug-likeness (QED) is 0.494. The predicted molar refractivity (Wildman–Crippen MR) is 93.9 cm³/mol. The third-order valence-corrected chi connectivity index (χ3v) is 6.46. The molecule has 1 amide bonds. The molecule has 1 atom stereocenters. The van der Waals surface area contributed by atoms with E-state index in [0.717, 1.165) is 0 Å². The van der Waals surface area contributed by atoms with Crippen molar-refractivity contribution < 1.29 is 18.4 Å². The highest BCUT2D eigenvalue weighted by Crippen LogP contribution is 2.58. The molecule has 0 aromatic heterocycles. The highest BCUT2D eigenvalue weighted by molar-refractivity contribution is 7.55. The molecule has 0 saturated heterocycles. The van der Waals surface area contributed by atoms with Gasteiger partial charge in [0.05, 0.1) is 23.8 Å². The van der Waals surface area contributed by atoms with E-state index >= 15 is 0 Å². The Morgan fingerprint density at radius 2 is 1.74 bits per heavy atom. The molecule has 1 N–H and O–H groups in total. The molecular formula is C13H16Cl4NO4P. The number of carbonyl (C=O) groups is 1. The Balaban J connectivity index is 3.16. The van der Waals surface area contributed by atoms with E-state index in [1.807, 2.05) is 0 Å². The van der Waals surface area contributed by atoms with Crippen molar-refractivity contribution in [3.8, 4) is 0 Å². The lowest BCUT2D eigenvalue weighted by Crippen LogP contribution is -2.44. The summed E-state index contributed by atoms with van der Waals surface area (Å²) in [4.78, 5) is 12.4. The van der Waals surface area contributed by atoms with E-state index in [1.165, 1.54) is 12.1 Å². The Morgan fingerprint density at radius 1 is 1.22 bits per heavy atom. The van der Waals surface area contributed by atoms with Gasteiger partial charge in [0, 0.05) is 0 Å². The largest absolute Gasteiger partial charge is 0.357 e. The maximum absolute atomic E-state index is 12.9. The van der Waals surface area contributed by atoms with Crippen LogP contribution in [0.5, 0.6) is 0 Å². The average Bonchev–Trinajstić information content (AvgIpc) is 2.44. The third-order valence-electron chi connectivity index (χ3n) is 2.63. The fourth-order valence-corrected chi connectivity index (χ4v) is 4.92. The number of amides is 1. The third kappa shape index (κ3) is 5.79. The molecule has 5 nitrogen and oxygen atoms in total. The molecule has 23 heavy (non-hydrogen) atoms. The summed E-state index contributed by atoms with van der Waals surface area (Å²) in [5, 5.41) is 2.60. The van der Waals surface area contributed by atoms with E-state index < -0.39 is 23.1 Å². The molecule has 130 valence electrons. The molecule has 1 rings (SSSR count). The number of nitrogens with one attached hydrogen (secondary N) is 1. The number of halogens is 4. The summed E-state index contributed by atoms with van der Waals surface area (Å²) in [6.07, 6.45) is 0. The number of hydrogen-bond acceptors (Lipinski definition) is 4. The standard InChI is InChI=1S/C13H16Cl4NO4P/c1-3-21-23(20,22-4-2)12(13(15,16)17)18-11(19)9-7-5-6-8-10(9)14/h5-8,12H,3-4H2,1-2H3,(H,18,19)/t12-/m1/s1. The van der Waals surface area contributed by atoms with Gasteiger partial charge in [-0.2, -0.15) is 0 Å². The second-order valence-electron chi connectivity index (χ2n) is 4.27. The van der Waals surface area contributed by atoms with Crippen molar-refractivity contribution in [1.82, 2.24) is 5.32 Å². The van der Waals surface area contributed by atoms with Crippen molar-refractivity contribution in [3.63, 3.8) is 0 Å². The van der Waals surface area contributed by atoms with E-state index in [4.69, 9.17) is 55.5 Å². The summed E-state index contributed by atoms with van der Waals surface area (Å²) in [5.41, 5.74) is 0.146. The molecule has 1 aromatic rings. The minimum atomic E-state index is -3.91. The van der Waals surface area contributed by atoms with Gasteiger partial charge in [0.15, 0.2) is 5.78 Å². The van der Waals surface area contributed by atoms with E-state index in [1.54, 1.807) is 26.0 Å². The summed E-state index contributed by atoms with van der Waals surface area (Å²) in [6, 6.07) is 6.30. The zero-order valence-electron chi connectivity index (χ0n) is 12.4. The lowest BCUT2D eigenvalue weighted by molar-refractivity contribution is 0.0938. The van der Waals surface area contributed by atoms with Gasteiger partial charge in [-0.15, -0.1) is 0 Å². The lowest BCUT2D eigenvalue weighted by atomic mass is 10.2. The van der Waals surface area contributed by atoms with Crippen LogP contribution in [-0.2, 0) is 13.6 Å². The smallest absolute Gasteiger partial charge is 0.334 e. The molecular weight excluding hydrogens is 407 g/mol. The fraction of sp³-hybridized carbons (Fsp3) is 0.462. The van der Waals surface area contributed by atoms with Gasteiger partial charge in [-0.1, -0.05) is 58.5 Å². The van der Waals surface area contributed by atoms with E-state index in [-0.39, 0.29) is 23.8 Å². The molecule has 0 heterocycles. The van der Waals surface area contributed by atoms with Crippen LogP contribution < -0.4 is 5.32 Å². The Bertz CT molecular complexity index is 584. The lowest BCUT2D eigenvalue weighted by Gasteiger charge is -2.31. The van der Waals surface area contributed by atoms with Crippen molar-refractivity contribution in [1.29, 1.82) is 0 Å². The van der Waals surface area contributed by atoms with Crippen LogP contribution >= 0.6 is 54.0 Å². The van der Waals surface area contributed by atoms with Crippen molar-refractivity contribution in [3.05, 3.63) is 34.9 Å².